The summed E-state index contributed by atoms with van der Waals surface area (Å²) in [6.45, 7) is 1.39. The first kappa shape index (κ1) is 12.1. The van der Waals surface area contributed by atoms with Gasteiger partial charge in [-0.2, -0.15) is 0 Å². The van der Waals surface area contributed by atoms with Crippen molar-refractivity contribution in [3.63, 3.8) is 0 Å². The van der Waals surface area contributed by atoms with Crippen LogP contribution in [0.4, 0.5) is 14.5 Å². The molecule has 0 bridgehead atoms. The molecule has 0 aliphatic carbocycles. The second-order valence-corrected chi connectivity index (χ2v) is 4.58. The maximum absolute atomic E-state index is 12.4. The van der Waals surface area contributed by atoms with Gasteiger partial charge in [0.2, 0.25) is 0 Å². The number of alkyl halides is 2. The lowest BCUT2D eigenvalue weighted by Gasteiger charge is -2.15. The molecule has 3 N–H and O–H groups in total. The summed E-state index contributed by atoms with van der Waals surface area (Å²) in [5.41, 5.74) is 1.38. The van der Waals surface area contributed by atoms with Crippen LogP contribution in [0, 0.1) is 0 Å². The highest BCUT2D eigenvalue weighted by Gasteiger charge is 2.15. The van der Waals surface area contributed by atoms with Crippen LogP contribution in [0.3, 0.4) is 0 Å². The van der Waals surface area contributed by atoms with E-state index in [9.17, 15) is 13.6 Å². The number of rotatable bonds is 3. The van der Waals surface area contributed by atoms with E-state index in [2.05, 4.69) is 31.2 Å². The van der Waals surface area contributed by atoms with Crippen LogP contribution in [-0.2, 0) is 0 Å². The molecular formula is C10H10BrF2N3O. The third kappa shape index (κ3) is 2.49. The SMILES string of the molecule is CC(Nc1cc2[nH]c(=O)[nH]c2cc1Br)C(F)F. The predicted octanol–water partition coefficient (Wildman–Crippen LogP) is 2.68. The molecule has 17 heavy (non-hydrogen) atoms. The Morgan fingerprint density at radius 1 is 1.29 bits per heavy atom. The lowest BCUT2D eigenvalue weighted by molar-refractivity contribution is 0.130. The van der Waals surface area contributed by atoms with Crippen LogP contribution in [0.15, 0.2) is 21.4 Å². The number of H-pyrrole nitrogens is 2. The average molecular weight is 306 g/mol. The van der Waals surface area contributed by atoms with Gasteiger partial charge in [0.05, 0.1) is 22.8 Å². The largest absolute Gasteiger partial charge is 0.376 e. The number of aromatic nitrogens is 2. The third-order valence-electron chi connectivity index (χ3n) is 2.36. The summed E-state index contributed by atoms with van der Waals surface area (Å²) in [7, 11) is 0. The summed E-state index contributed by atoms with van der Waals surface area (Å²) in [4.78, 5) is 16.2. The minimum absolute atomic E-state index is 0.328. The molecule has 1 heterocycles. The van der Waals surface area contributed by atoms with Gasteiger partial charge in [0.25, 0.3) is 6.43 Å². The maximum atomic E-state index is 12.4. The molecule has 0 fully saturated rings. The van der Waals surface area contributed by atoms with Crippen molar-refractivity contribution in [3.05, 3.63) is 27.1 Å². The molecule has 0 spiro atoms. The lowest BCUT2D eigenvalue weighted by Crippen LogP contribution is -2.23. The second-order valence-electron chi connectivity index (χ2n) is 3.72. The molecule has 0 aliphatic heterocycles. The smallest absolute Gasteiger partial charge is 0.323 e. The van der Waals surface area contributed by atoms with Gasteiger partial charge in [0.15, 0.2) is 0 Å². The van der Waals surface area contributed by atoms with Crippen molar-refractivity contribution < 1.29 is 8.78 Å². The van der Waals surface area contributed by atoms with Crippen molar-refractivity contribution in [1.82, 2.24) is 9.97 Å². The fourth-order valence-corrected chi connectivity index (χ4v) is 1.93. The van der Waals surface area contributed by atoms with E-state index in [4.69, 9.17) is 0 Å². The van der Waals surface area contributed by atoms with E-state index < -0.39 is 12.5 Å². The van der Waals surface area contributed by atoms with Gasteiger partial charge in [-0.05, 0) is 35.0 Å². The Morgan fingerprint density at radius 2 is 1.88 bits per heavy atom. The Morgan fingerprint density at radius 3 is 2.47 bits per heavy atom. The summed E-state index contributed by atoms with van der Waals surface area (Å²) in [6, 6.07) is 2.30. The van der Waals surface area contributed by atoms with Crippen molar-refractivity contribution >= 4 is 32.7 Å². The molecule has 92 valence electrons. The summed E-state index contributed by atoms with van der Waals surface area (Å²) >= 11 is 3.26. The van der Waals surface area contributed by atoms with Gasteiger partial charge in [-0.3, -0.25) is 0 Å². The Kier molecular flexibility index (Phi) is 3.19. The first-order valence-electron chi connectivity index (χ1n) is 4.93. The normalized spacial score (nSPS) is 13.2. The zero-order chi connectivity index (χ0) is 12.6. The van der Waals surface area contributed by atoms with Crippen LogP contribution in [-0.4, -0.2) is 22.4 Å². The quantitative estimate of drug-likeness (QED) is 0.816. The van der Waals surface area contributed by atoms with Gasteiger partial charge in [0.1, 0.15) is 0 Å². The Hall–Kier alpha value is -1.37. The molecule has 2 rings (SSSR count). The highest BCUT2D eigenvalue weighted by atomic mass is 79.9. The number of fused-ring (bicyclic) bond motifs is 1. The molecule has 1 aromatic heterocycles. The molecule has 0 saturated carbocycles. The minimum atomic E-state index is -2.46. The summed E-state index contributed by atoms with van der Waals surface area (Å²) in [6.07, 6.45) is -2.46. The first-order chi connectivity index (χ1) is 7.97. The maximum Gasteiger partial charge on any atom is 0.323 e. The molecule has 0 radical (unpaired) electrons. The number of benzene rings is 1. The third-order valence-corrected chi connectivity index (χ3v) is 3.02. The molecule has 2 aromatic rings. The molecule has 4 nitrogen and oxygen atoms in total. The fraction of sp³-hybridized carbons (Fsp3) is 0.300. The van der Waals surface area contributed by atoms with Crippen LogP contribution < -0.4 is 11.0 Å². The van der Waals surface area contributed by atoms with Crippen molar-refractivity contribution in [1.29, 1.82) is 0 Å². The topological polar surface area (TPSA) is 60.7 Å². The molecule has 1 atom stereocenters. The average Bonchev–Trinajstić information content (AvgIpc) is 2.57. The van der Waals surface area contributed by atoms with E-state index in [0.717, 1.165) is 0 Å². The fourth-order valence-electron chi connectivity index (χ4n) is 1.47. The molecule has 0 aliphatic rings. The molecule has 0 saturated heterocycles. The van der Waals surface area contributed by atoms with E-state index in [1.165, 1.54) is 6.92 Å². The molecule has 7 heteroatoms. The van der Waals surface area contributed by atoms with Gasteiger partial charge in [-0.1, -0.05) is 0 Å². The van der Waals surface area contributed by atoms with E-state index in [-0.39, 0.29) is 5.69 Å². The van der Waals surface area contributed by atoms with Crippen LogP contribution in [0.5, 0.6) is 0 Å². The number of imidazole rings is 1. The van der Waals surface area contributed by atoms with Gasteiger partial charge in [-0.25, -0.2) is 13.6 Å². The number of hydrogen-bond acceptors (Lipinski definition) is 2. The van der Waals surface area contributed by atoms with Crippen LogP contribution >= 0.6 is 15.9 Å². The van der Waals surface area contributed by atoms with E-state index in [0.29, 0.717) is 21.2 Å². The van der Waals surface area contributed by atoms with E-state index in [1.807, 2.05) is 0 Å². The standard InChI is InChI=1S/C10H10BrF2N3O/c1-4(9(12)13)14-6-3-8-7(2-5(6)11)15-10(17)16-8/h2-4,9,14H,1H3,(H2,15,16,17). The van der Waals surface area contributed by atoms with E-state index in [1.54, 1.807) is 12.1 Å². The summed E-state index contributed by atoms with van der Waals surface area (Å²) in [5.74, 6) is 0. The number of nitrogens with one attached hydrogen (secondary N) is 3. The lowest BCUT2D eigenvalue weighted by atomic mass is 10.2. The highest BCUT2D eigenvalue weighted by molar-refractivity contribution is 9.10. The van der Waals surface area contributed by atoms with Gasteiger partial charge < -0.3 is 15.3 Å². The Labute approximate surface area is 104 Å². The first-order valence-corrected chi connectivity index (χ1v) is 5.73. The molecular weight excluding hydrogens is 296 g/mol. The van der Waals surface area contributed by atoms with Crippen molar-refractivity contribution in [2.45, 2.75) is 19.4 Å². The van der Waals surface area contributed by atoms with Crippen LogP contribution in [0.25, 0.3) is 11.0 Å². The van der Waals surface area contributed by atoms with Crippen molar-refractivity contribution in [2.24, 2.45) is 0 Å². The van der Waals surface area contributed by atoms with Crippen molar-refractivity contribution in [3.8, 4) is 0 Å². The minimum Gasteiger partial charge on any atom is -0.376 e. The number of aromatic amines is 2. The zero-order valence-electron chi connectivity index (χ0n) is 8.85. The molecule has 1 unspecified atom stereocenters. The van der Waals surface area contributed by atoms with Gasteiger partial charge in [0, 0.05) is 4.47 Å². The Balaban J connectivity index is 2.40. The number of anilines is 1. The number of halogens is 3. The second kappa shape index (κ2) is 4.48. The highest BCUT2D eigenvalue weighted by Crippen LogP contribution is 2.27. The van der Waals surface area contributed by atoms with Crippen LogP contribution in [0.2, 0.25) is 0 Å². The monoisotopic (exact) mass is 305 g/mol. The van der Waals surface area contributed by atoms with Crippen LogP contribution in [0.1, 0.15) is 6.92 Å². The van der Waals surface area contributed by atoms with E-state index >= 15 is 0 Å². The van der Waals surface area contributed by atoms with Gasteiger partial charge >= 0.3 is 5.69 Å². The predicted molar refractivity (Wildman–Crippen MR) is 65.7 cm³/mol. The summed E-state index contributed by atoms with van der Waals surface area (Å²) < 4.78 is 25.5. The Bertz CT molecular complexity index is 593. The molecule has 1 aromatic carbocycles. The summed E-state index contributed by atoms with van der Waals surface area (Å²) in [5, 5.41) is 2.68. The van der Waals surface area contributed by atoms with Crippen molar-refractivity contribution in [2.75, 3.05) is 5.32 Å². The number of hydrogen-bond donors (Lipinski definition) is 3. The van der Waals surface area contributed by atoms with Gasteiger partial charge in [-0.15, -0.1) is 0 Å². The zero-order valence-corrected chi connectivity index (χ0v) is 10.4. The molecule has 0 amide bonds.